The number of piperazine rings is 1. The van der Waals surface area contributed by atoms with Crippen molar-refractivity contribution in [1.29, 1.82) is 0 Å². The van der Waals surface area contributed by atoms with Crippen LogP contribution in [-0.4, -0.2) is 83.2 Å². The maximum atomic E-state index is 16.7. The first-order valence-corrected chi connectivity index (χ1v) is 14.9. The van der Waals surface area contributed by atoms with Crippen LogP contribution in [0.1, 0.15) is 37.7 Å². The van der Waals surface area contributed by atoms with Gasteiger partial charge in [0.1, 0.15) is 22.8 Å². The third kappa shape index (κ3) is 4.79. The molecular formula is C32H34F2N8O. The van der Waals surface area contributed by atoms with Crippen molar-refractivity contribution < 1.29 is 8.78 Å². The molecule has 0 spiro atoms. The van der Waals surface area contributed by atoms with Gasteiger partial charge in [-0.15, -0.1) is 6.42 Å². The van der Waals surface area contributed by atoms with Crippen molar-refractivity contribution in [2.24, 2.45) is 0 Å². The second-order valence-corrected chi connectivity index (χ2v) is 12.1. The molecule has 3 aliphatic heterocycles. The van der Waals surface area contributed by atoms with Gasteiger partial charge in [0.05, 0.1) is 16.6 Å². The van der Waals surface area contributed by atoms with Gasteiger partial charge in [0.25, 0.3) is 0 Å². The number of H-pyrrole nitrogens is 1. The summed E-state index contributed by atoms with van der Waals surface area (Å²) in [6.45, 7) is 3.19. The number of hydrogen-bond donors (Lipinski definition) is 2. The molecule has 2 bridgehead atoms. The van der Waals surface area contributed by atoms with Crippen LogP contribution in [0.25, 0.3) is 33.1 Å². The molecule has 11 heteroatoms. The Labute approximate surface area is 248 Å². The summed E-state index contributed by atoms with van der Waals surface area (Å²) in [5, 5.41) is 4.66. The molecule has 0 amide bonds. The largest absolute Gasteiger partial charge is 0.357 e. The minimum Gasteiger partial charge on any atom is -0.357 e. The fourth-order valence-corrected chi connectivity index (χ4v) is 7.08. The van der Waals surface area contributed by atoms with Crippen molar-refractivity contribution >= 4 is 33.4 Å². The Hall–Kier alpha value is -4.14. The molecule has 1 aromatic carbocycles. The molecule has 0 saturated carbocycles. The molecule has 3 fully saturated rings. The number of terminal acetylenes is 1. The Morgan fingerprint density at radius 2 is 1.93 bits per heavy atom. The number of nitrogens with one attached hydrogen (secondary N) is 2. The van der Waals surface area contributed by atoms with Gasteiger partial charge in [0.2, 0.25) is 11.5 Å². The molecule has 2 N–H and O–H groups in total. The number of nitrogens with zero attached hydrogens (tertiary/aromatic N) is 6. The predicted molar refractivity (Wildman–Crippen MR) is 164 cm³/mol. The molecule has 9 nitrogen and oxygen atoms in total. The Balaban J connectivity index is 1.41. The van der Waals surface area contributed by atoms with Gasteiger partial charge in [-0.3, -0.25) is 14.7 Å². The molecule has 0 aliphatic carbocycles. The van der Waals surface area contributed by atoms with Gasteiger partial charge < -0.3 is 20.1 Å². The average Bonchev–Trinajstić information content (AvgIpc) is 3.20. The number of aromatic nitrogens is 4. The molecule has 3 saturated heterocycles. The first-order chi connectivity index (χ1) is 20.8. The summed E-state index contributed by atoms with van der Waals surface area (Å²) in [5.41, 5.74) is -0.579. The number of halogens is 2. The zero-order chi connectivity index (χ0) is 29.8. The average molecular weight is 585 g/mol. The molecule has 3 aliphatic rings. The number of pyridine rings is 2. The zero-order valence-electron chi connectivity index (χ0n) is 24.3. The van der Waals surface area contributed by atoms with Gasteiger partial charge in [-0.1, -0.05) is 18.4 Å². The number of rotatable bonds is 5. The van der Waals surface area contributed by atoms with E-state index in [-0.39, 0.29) is 27.9 Å². The zero-order valence-corrected chi connectivity index (χ0v) is 24.3. The van der Waals surface area contributed by atoms with E-state index in [2.05, 4.69) is 38.1 Å². The van der Waals surface area contributed by atoms with E-state index in [9.17, 15) is 9.18 Å². The quantitative estimate of drug-likeness (QED) is 0.344. The lowest BCUT2D eigenvalue weighted by atomic mass is 10.0. The number of hydrogen-bond acceptors (Lipinski definition) is 8. The second kappa shape index (κ2) is 10.8. The summed E-state index contributed by atoms with van der Waals surface area (Å²) in [6.07, 6.45) is 12.8. The van der Waals surface area contributed by atoms with Gasteiger partial charge in [0.15, 0.2) is 5.82 Å². The first-order valence-electron chi connectivity index (χ1n) is 14.9. The number of fused-ring (bicyclic) bond motifs is 4. The molecule has 2 unspecified atom stereocenters. The summed E-state index contributed by atoms with van der Waals surface area (Å²) < 4.78 is 31.5. The van der Waals surface area contributed by atoms with E-state index in [4.69, 9.17) is 16.4 Å². The van der Waals surface area contributed by atoms with E-state index in [0.29, 0.717) is 47.2 Å². The first kappa shape index (κ1) is 27.7. The van der Waals surface area contributed by atoms with E-state index in [0.717, 1.165) is 51.7 Å². The smallest absolute Gasteiger partial charge is 0.249 e. The summed E-state index contributed by atoms with van der Waals surface area (Å²) in [6, 6.07) is 5.05. The highest BCUT2D eigenvalue weighted by Gasteiger charge is 2.39. The van der Waals surface area contributed by atoms with Crippen molar-refractivity contribution in [3.63, 3.8) is 0 Å². The molecule has 3 atom stereocenters. The highest BCUT2D eigenvalue weighted by Crippen LogP contribution is 2.36. The van der Waals surface area contributed by atoms with Crippen LogP contribution in [0.5, 0.6) is 0 Å². The molecule has 43 heavy (non-hydrogen) atoms. The monoisotopic (exact) mass is 584 g/mol. The van der Waals surface area contributed by atoms with Crippen LogP contribution in [0, 0.1) is 24.0 Å². The fraction of sp³-hybridized carbons (Fsp3) is 0.438. The SMILES string of the molecule is C#Cc1c(F)ccc2cc(=O)[nH]c(-c3ncc4c(N(C)C[C@@H]5CCCCN5)nc(N5CC6CCC(C5)N6C)nc4c3F)c12. The van der Waals surface area contributed by atoms with E-state index in [1.807, 2.05) is 11.9 Å². The molecule has 6 heterocycles. The lowest BCUT2D eigenvalue weighted by molar-refractivity contribution is 0.211. The standard InChI is InChI=1S/C32H34F2N8O/c1-4-22-24(33)11-8-18-13-25(43)37-29(26(18)22)30-27(34)28-23(14-36-30)31(40(2)15-19-7-5-6-12-35-19)39-32(38-28)42-16-20-9-10-21(17-42)41(20)3/h1,8,11,13-14,19-21,35H,5-7,9-10,12,15-17H2,2-3H3,(H,37,43)/t19-,20?,21?/m0/s1. The summed E-state index contributed by atoms with van der Waals surface area (Å²) in [5.74, 6) is 2.06. The van der Waals surface area contributed by atoms with Gasteiger partial charge in [-0.25, -0.2) is 13.8 Å². The number of benzene rings is 1. The van der Waals surface area contributed by atoms with Crippen LogP contribution in [0.2, 0.25) is 0 Å². The van der Waals surface area contributed by atoms with Crippen molar-refractivity contribution in [2.75, 3.05) is 50.1 Å². The summed E-state index contributed by atoms with van der Waals surface area (Å²) >= 11 is 0. The van der Waals surface area contributed by atoms with Crippen LogP contribution in [0.4, 0.5) is 20.5 Å². The van der Waals surface area contributed by atoms with E-state index in [1.165, 1.54) is 24.4 Å². The Morgan fingerprint density at radius 1 is 1.14 bits per heavy atom. The molecular weight excluding hydrogens is 550 g/mol. The highest BCUT2D eigenvalue weighted by molar-refractivity contribution is 6.00. The van der Waals surface area contributed by atoms with Crippen molar-refractivity contribution in [3.8, 4) is 23.7 Å². The van der Waals surface area contributed by atoms with E-state index in [1.54, 1.807) is 0 Å². The lowest BCUT2D eigenvalue weighted by Crippen LogP contribution is -2.52. The van der Waals surface area contributed by atoms with E-state index < -0.39 is 17.2 Å². The van der Waals surface area contributed by atoms with Crippen LogP contribution >= 0.6 is 0 Å². The third-order valence-electron chi connectivity index (χ3n) is 9.40. The van der Waals surface area contributed by atoms with E-state index >= 15 is 4.39 Å². The summed E-state index contributed by atoms with van der Waals surface area (Å²) in [7, 11) is 4.12. The molecule has 222 valence electrons. The van der Waals surface area contributed by atoms with Crippen molar-refractivity contribution in [2.45, 2.75) is 50.2 Å². The van der Waals surface area contributed by atoms with Crippen molar-refractivity contribution in [3.05, 3.63) is 51.9 Å². The fourth-order valence-electron chi connectivity index (χ4n) is 7.08. The predicted octanol–water partition coefficient (Wildman–Crippen LogP) is 3.65. The maximum absolute atomic E-state index is 16.7. The maximum Gasteiger partial charge on any atom is 0.249 e. The third-order valence-corrected chi connectivity index (χ3v) is 9.40. The van der Waals surface area contributed by atoms with Gasteiger partial charge >= 0.3 is 0 Å². The van der Waals surface area contributed by atoms with Crippen LogP contribution in [0.3, 0.4) is 0 Å². The Morgan fingerprint density at radius 3 is 2.65 bits per heavy atom. The minimum atomic E-state index is -0.723. The summed E-state index contributed by atoms with van der Waals surface area (Å²) in [4.78, 5) is 36.2. The normalized spacial score (nSPS) is 22.3. The molecule has 0 radical (unpaired) electrons. The van der Waals surface area contributed by atoms with Gasteiger partial charge in [-0.2, -0.15) is 4.98 Å². The molecule has 7 rings (SSSR count). The Kier molecular flexibility index (Phi) is 6.98. The lowest BCUT2D eigenvalue weighted by Gasteiger charge is -2.39. The molecule has 3 aromatic heterocycles. The van der Waals surface area contributed by atoms with Crippen LogP contribution in [0.15, 0.2) is 29.2 Å². The van der Waals surface area contributed by atoms with Crippen molar-refractivity contribution in [1.82, 2.24) is 30.2 Å². The number of aromatic amines is 1. The highest BCUT2D eigenvalue weighted by atomic mass is 19.1. The number of likely N-dealkylation sites (N-methyl/N-ethyl adjacent to an activating group) is 2. The van der Waals surface area contributed by atoms with Gasteiger partial charge in [0, 0.05) is 62.5 Å². The molecule has 4 aromatic rings. The Bertz CT molecular complexity index is 1810. The second-order valence-electron chi connectivity index (χ2n) is 12.1. The van der Waals surface area contributed by atoms with Gasteiger partial charge in [-0.05, 0) is 50.7 Å². The minimum absolute atomic E-state index is 0.0217. The number of piperidine rings is 1. The number of anilines is 2. The topological polar surface area (TPSA) is 93.3 Å². The van der Waals surface area contributed by atoms with Crippen LogP contribution < -0.4 is 20.7 Å². The van der Waals surface area contributed by atoms with Crippen LogP contribution in [-0.2, 0) is 0 Å².